The van der Waals surface area contributed by atoms with Crippen molar-refractivity contribution in [2.45, 2.75) is 45.1 Å². The number of nitrogens with one attached hydrogen (secondary N) is 2. The Hall–Kier alpha value is -3.03. The SMILES string of the molecule is CN=C(NCCCC(=O)N1Cc2ccccc2C1)NC(C)c1cccc(C(F)(F)F)c1. The van der Waals surface area contributed by atoms with Gasteiger partial charge in [0.25, 0.3) is 0 Å². The molecule has 5 nitrogen and oxygen atoms in total. The third-order valence-corrected chi connectivity index (χ3v) is 5.34. The van der Waals surface area contributed by atoms with Crippen molar-refractivity contribution in [1.82, 2.24) is 15.5 Å². The zero-order chi connectivity index (χ0) is 22.4. The molecule has 2 N–H and O–H groups in total. The first-order valence-corrected chi connectivity index (χ1v) is 10.3. The molecule has 1 aliphatic heterocycles. The Bertz CT molecular complexity index is 917. The van der Waals surface area contributed by atoms with Crippen molar-refractivity contribution in [3.63, 3.8) is 0 Å². The van der Waals surface area contributed by atoms with Crippen molar-refractivity contribution < 1.29 is 18.0 Å². The van der Waals surface area contributed by atoms with Crippen LogP contribution in [0, 0.1) is 0 Å². The van der Waals surface area contributed by atoms with Crippen LogP contribution in [0.1, 0.15) is 48.1 Å². The van der Waals surface area contributed by atoms with Crippen LogP contribution in [0.4, 0.5) is 13.2 Å². The Labute approximate surface area is 180 Å². The Balaban J connectivity index is 1.43. The standard InChI is InChI=1S/C23H27F3N4O/c1-16(17-9-5-10-20(13-17)23(24,25)26)29-22(27-2)28-12-6-11-21(31)30-14-18-7-3-4-8-19(18)15-30/h3-5,7-10,13,16H,6,11-12,14-15H2,1-2H3,(H2,27,28,29). The minimum atomic E-state index is -4.38. The van der Waals surface area contributed by atoms with E-state index in [1.165, 1.54) is 17.2 Å². The van der Waals surface area contributed by atoms with Gasteiger partial charge in [0, 0.05) is 33.1 Å². The molecule has 0 bridgehead atoms. The molecule has 1 atom stereocenters. The predicted octanol–water partition coefficient (Wildman–Crippen LogP) is 4.25. The van der Waals surface area contributed by atoms with Crippen LogP contribution in [0.25, 0.3) is 0 Å². The van der Waals surface area contributed by atoms with E-state index in [4.69, 9.17) is 0 Å². The van der Waals surface area contributed by atoms with Crippen molar-refractivity contribution in [2.24, 2.45) is 4.99 Å². The molecule has 31 heavy (non-hydrogen) atoms. The van der Waals surface area contributed by atoms with Crippen molar-refractivity contribution in [2.75, 3.05) is 13.6 Å². The normalized spacial score (nSPS) is 14.9. The highest BCUT2D eigenvalue weighted by atomic mass is 19.4. The molecule has 166 valence electrons. The first-order valence-electron chi connectivity index (χ1n) is 10.3. The fraction of sp³-hybridized carbons (Fsp3) is 0.391. The zero-order valence-electron chi connectivity index (χ0n) is 17.7. The number of nitrogens with zero attached hydrogens (tertiary/aromatic N) is 2. The summed E-state index contributed by atoms with van der Waals surface area (Å²) in [4.78, 5) is 18.4. The van der Waals surface area contributed by atoms with Gasteiger partial charge in [0.15, 0.2) is 5.96 Å². The van der Waals surface area contributed by atoms with E-state index in [2.05, 4.69) is 15.6 Å². The number of carbonyl (C=O) groups excluding carboxylic acids is 1. The second-order valence-electron chi connectivity index (χ2n) is 7.61. The highest BCUT2D eigenvalue weighted by molar-refractivity contribution is 5.80. The Morgan fingerprint density at radius 1 is 1.13 bits per heavy atom. The third-order valence-electron chi connectivity index (χ3n) is 5.34. The number of alkyl halides is 3. The highest BCUT2D eigenvalue weighted by Crippen LogP contribution is 2.30. The van der Waals surface area contributed by atoms with Crippen LogP contribution >= 0.6 is 0 Å². The summed E-state index contributed by atoms with van der Waals surface area (Å²) in [7, 11) is 1.60. The van der Waals surface area contributed by atoms with E-state index < -0.39 is 11.7 Å². The quantitative estimate of drug-likeness (QED) is 0.408. The number of rotatable bonds is 6. The van der Waals surface area contributed by atoms with Crippen molar-refractivity contribution >= 4 is 11.9 Å². The molecule has 2 aromatic rings. The maximum atomic E-state index is 12.9. The van der Waals surface area contributed by atoms with E-state index in [-0.39, 0.29) is 11.9 Å². The van der Waals surface area contributed by atoms with Crippen LogP contribution in [0.2, 0.25) is 0 Å². The lowest BCUT2D eigenvalue weighted by Gasteiger charge is -2.20. The van der Waals surface area contributed by atoms with E-state index >= 15 is 0 Å². The molecule has 0 aliphatic carbocycles. The van der Waals surface area contributed by atoms with Gasteiger partial charge in [-0.05, 0) is 42.2 Å². The van der Waals surface area contributed by atoms with Crippen molar-refractivity contribution in [1.29, 1.82) is 0 Å². The summed E-state index contributed by atoms with van der Waals surface area (Å²) >= 11 is 0. The monoisotopic (exact) mass is 432 g/mol. The second-order valence-corrected chi connectivity index (χ2v) is 7.61. The molecule has 2 aromatic carbocycles. The Kier molecular flexibility index (Phi) is 7.20. The number of aliphatic imine (C=N–C) groups is 1. The van der Waals surface area contributed by atoms with Crippen molar-refractivity contribution in [3.8, 4) is 0 Å². The summed E-state index contributed by atoms with van der Waals surface area (Å²) in [5.74, 6) is 0.587. The molecule has 3 rings (SSSR count). The number of hydrogen-bond acceptors (Lipinski definition) is 2. The van der Waals surface area contributed by atoms with Gasteiger partial charge < -0.3 is 15.5 Å². The van der Waals surface area contributed by atoms with Gasteiger partial charge in [-0.2, -0.15) is 13.2 Å². The van der Waals surface area contributed by atoms with Gasteiger partial charge in [-0.3, -0.25) is 9.79 Å². The molecule has 0 fully saturated rings. The van der Waals surface area contributed by atoms with Crippen LogP contribution in [-0.2, 0) is 24.1 Å². The number of benzene rings is 2. The molecule has 0 aromatic heterocycles. The number of guanidine groups is 1. The van der Waals surface area contributed by atoms with Gasteiger partial charge >= 0.3 is 6.18 Å². The fourth-order valence-corrected chi connectivity index (χ4v) is 3.58. The topological polar surface area (TPSA) is 56.7 Å². The smallest absolute Gasteiger partial charge is 0.356 e. The average molecular weight is 432 g/mol. The summed E-state index contributed by atoms with van der Waals surface area (Å²) in [6.45, 7) is 3.61. The first kappa shape index (κ1) is 22.7. The number of fused-ring (bicyclic) bond motifs is 1. The van der Waals surface area contributed by atoms with Gasteiger partial charge in [-0.15, -0.1) is 0 Å². The maximum absolute atomic E-state index is 12.9. The first-order chi connectivity index (χ1) is 14.8. The number of amides is 1. The molecular formula is C23H27F3N4O. The molecule has 1 unspecified atom stereocenters. The van der Waals surface area contributed by atoms with E-state index in [1.54, 1.807) is 20.0 Å². The van der Waals surface area contributed by atoms with Crippen molar-refractivity contribution in [3.05, 3.63) is 70.8 Å². The van der Waals surface area contributed by atoms with Gasteiger partial charge in [-0.1, -0.05) is 36.4 Å². The molecule has 1 amide bonds. The predicted molar refractivity (Wildman–Crippen MR) is 114 cm³/mol. The minimum absolute atomic E-state index is 0.110. The van der Waals surface area contributed by atoms with Crippen LogP contribution in [0.15, 0.2) is 53.5 Å². The second kappa shape index (κ2) is 9.85. The van der Waals surface area contributed by atoms with Crippen LogP contribution in [0.5, 0.6) is 0 Å². The minimum Gasteiger partial charge on any atom is -0.356 e. The van der Waals surface area contributed by atoms with Crippen LogP contribution in [-0.4, -0.2) is 30.4 Å². The van der Waals surface area contributed by atoms with Gasteiger partial charge in [0.1, 0.15) is 0 Å². The van der Waals surface area contributed by atoms with E-state index in [9.17, 15) is 18.0 Å². The summed E-state index contributed by atoms with van der Waals surface area (Å²) in [6.07, 6.45) is -3.33. The average Bonchev–Trinajstić information content (AvgIpc) is 3.19. The highest BCUT2D eigenvalue weighted by Gasteiger charge is 2.30. The summed E-state index contributed by atoms with van der Waals surface area (Å²) < 4.78 is 38.8. The molecule has 0 spiro atoms. The molecule has 0 saturated carbocycles. The number of halogens is 3. The summed E-state index contributed by atoms with van der Waals surface area (Å²) in [5.41, 5.74) is 2.23. The Morgan fingerprint density at radius 3 is 2.42 bits per heavy atom. The maximum Gasteiger partial charge on any atom is 0.416 e. The fourth-order valence-electron chi connectivity index (χ4n) is 3.58. The van der Waals surface area contributed by atoms with E-state index in [1.807, 2.05) is 29.2 Å². The van der Waals surface area contributed by atoms with Gasteiger partial charge in [0.2, 0.25) is 5.91 Å². The van der Waals surface area contributed by atoms with E-state index in [0.717, 1.165) is 12.1 Å². The lowest BCUT2D eigenvalue weighted by atomic mass is 10.1. The Morgan fingerprint density at radius 2 is 1.81 bits per heavy atom. The molecule has 1 heterocycles. The molecule has 0 radical (unpaired) electrons. The molecular weight excluding hydrogens is 405 g/mol. The van der Waals surface area contributed by atoms with E-state index in [0.29, 0.717) is 44.0 Å². The summed E-state index contributed by atoms with van der Waals surface area (Å²) in [6, 6.07) is 12.9. The molecule has 0 saturated heterocycles. The number of hydrogen-bond donors (Lipinski definition) is 2. The number of carbonyl (C=O) groups is 1. The largest absolute Gasteiger partial charge is 0.416 e. The van der Waals surface area contributed by atoms with Crippen LogP contribution in [0.3, 0.4) is 0 Å². The lowest BCUT2D eigenvalue weighted by Crippen LogP contribution is -2.39. The van der Waals surface area contributed by atoms with Crippen LogP contribution < -0.4 is 10.6 Å². The molecule has 1 aliphatic rings. The molecule has 8 heteroatoms. The van der Waals surface area contributed by atoms with Gasteiger partial charge in [0.05, 0.1) is 11.6 Å². The zero-order valence-corrected chi connectivity index (χ0v) is 17.7. The lowest BCUT2D eigenvalue weighted by molar-refractivity contribution is -0.137. The summed E-state index contributed by atoms with van der Waals surface area (Å²) in [5, 5.41) is 6.22. The van der Waals surface area contributed by atoms with Gasteiger partial charge in [-0.25, -0.2) is 0 Å². The third kappa shape index (κ3) is 5.99.